The highest BCUT2D eigenvalue weighted by atomic mass is 32.1. The molecule has 0 amide bonds. The van der Waals surface area contributed by atoms with E-state index in [1.165, 1.54) is 12.7 Å². The first-order valence-corrected chi connectivity index (χ1v) is 10.4. The first-order chi connectivity index (χ1) is 15.3. The summed E-state index contributed by atoms with van der Waals surface area (Å²) in [4.78, 5) is 14.8. The highest BCUT2D eigenvalue weighted by Gasteiger charge is 2.36. The smallest absolute Gasteiger partial charge is 0.337 e. The van der Waals surface area contributed by atoms with E-state index in [0.29, 0.717) is 33.6 Å². The lowest BCUT2D eigenvalue weighted by molar-refractivity contribution is -0.136. The number of hydrogen-bond donors (Lipinski definition) is 1. The predicted octanol–water partition coefficient (Wildman–Crippen LogP) is 4.21. The molecule has 0 bridgehead atoms. The lowest BCUT2D eigenvalue weighted by Gasteiger charge is -2.37. The van der Waals surface area contributed by atoms with E-state index in [0.717, 1.165) is 16.8 Å². The van der Waals surface area contributed by atoms with E-state index in [1.54, 1.807) is 33.5 Å². The summed E-state index contributed by atoms with van der Waals surface area (Å²) >= 11 is 5.73. The SMILES string of the molecule is COC(=O)C1=C(C)N(c2ccc(C)c(C)c2)C(=S)NC1c1cc(OC)c(OC)c(OC)c1. The minimum absolute atomic E-state index is 0.439. The van der Waals surface area contributed by atoms with Crippen LogP contribution in [-0.4, -0.2) is 39.5 Å². The van der Waals surface area contributed by atoms with Crippen molar-refractivity contribution in [2.75, 3.05) is 33.3 Å². The molecule has 8 heteroatoms. The van der Waals surface area contributed by atoms with E-state index in [2.05, 4.69) is 12.2 Å². The molecule has 1 aliphatic heterocycles. The van der Waals surface area contributed by atoms with Crippen molar-refractivity contribution in [1.29, 1.82) is 0 Å². The van der Waals surface area contributed by atoms with Gasteiger partial charge in [-0.25, -0.2) is 4.79 Å². The number of nitrogens with zero attached hydrogens (tertiary/aromatic N) is 1. The van der Waals surface area contributed by atoms with Gasteiger partial charge in [0.1, 0.15) is 0 Å². The lowest BCUT2D eigenvalue weighted by Crippen LogP contribution is -2.48. The second-order valence-corrected chi connectivity index (χ2v) is 7.82. The molecular formula is C24H28N2O5S. The minimum atomic E-state index is -0.563. The van der Waals surface area contributed by atoms with E-state index in [1.807, 2.05) is 36.9 Å². The molecule has 0 radical (unpaired) electrons. The Kier molecular flexibility index (Phi) is 6.93. The number of ether oxygens (including phenoxy) is 4. The number of hydrogen-bond acceptors (Lipinski definition) is 6. The van der Waals surface area contributed by atoms with E-state index >= 15 is 0 Å². The molecule has 0 saturated heterocycles. The van der Waals surface area contributed by atoms with Gasteiger partial charge in [0.25, 0.3) is 0 Å². The zero-order chi connectivity index (χ0) is 23.6. The summed E-state index contributed by atoms with van der Waals surface area (Å²) in [5.74, 6) is 0.973. The Morgan fingerprint density at radius 3 is 2.06 bits per heavy atom. The van der Waals surface area contributed by atoms with Crippen LogP contribution in [0.3, 0.4) is 0 Å². The second-order valence-electron chi connectivity index (χ2n) is 7.44. The van der Waals surface area contributed by atoms with Crippen LogP contribution in [0.15, 0.2) is 41.6 Å². The largest absolute Gasteiger partial charge is 0.493 e. The minimum Gasteiger partial charge on any atom is -0.493 e. The number of benzene rings is 2. The molecule has 1 heterocycles. The Hall–Kier alpha value is -3.26. The standard InChI is InChI=1S/C24H28N2O5S/c1-13-8-9-17(10-14(13)2)26-15(3)20(23(27)31-7)21(25-24(26)32)16-11-18(28-4)22(30-6)19(12-16)29-5/h8-12,21H,1-7H3,(H,25,32). The van der Waals surface area contributed by atoms with Crippen LogP contribution in [0.2, 0.25) is 0 Å². The Balaban J connectivity index is 2.20. The maximum absolute atomic E-state index is 12.9. The van der Waals surface area contributed by atoms with Crippen molar-refractivity contribution in [3.05, 3.63) is 58.3 Å². The molecule has 1 aliphatic rings. The molecule has 32 heavy (non-hydrogen) atoms. The van der Waals surface area contributed by atoms with E-state index in [-0.39, 0.29) is 0 Å². The number of thiocarbonyl (C=S) groups is 1. The predicted molar refractivity (Wildman–Crippen MR) is 128 cm³/mol. The van der Waals surface area contributed by atoms with Crippen LogP contribution in [-0.2, 0) is 9.53 Å². The fourth-order valence-electron chi connectivity index (χ4n) is 3.81. The van der Waals surface area contributed by atoms with Gasteiger partial charge in [0.2, 0.25) is 5.75 Å². The van der Waals surface area contributed by atoms with Gasteiger partial charge in [-0.15, -0.1) is 0 Å². The number of carbonyl (C=O) groups excluding carboxylic acids is 1. The summed E-state index contributed by atoms with van der Waals surface area (Å²) < 4.78 is 21.5. The van der Waals surface area contributed by atoms with E-state index in [4.69, 9.17) is 31.2 Å². The third kappa shape index (κ3) is 4.10. The summed E-state index contributed by atoms with van der Waals surface area (Å²) in [7, 11) is 6.00. The monoisotopic (exact) mass is 456 g/mol. The molecule has 3 rings (SSSR count). The van der Waals surface area contributed by atoms with Crippen molar-refractivity contribution in [3.8, 4) is 17.2 Å². The van der Waals surface area contributed by atoms with Gasteiger partial charge < -0.3 is 24.3 Å². The lowest BCUT2D eigenvalue weighted by atomic mass is 9.94. The van der Waals surface area contributed by atoms with Crippen LogP contribution < -0.4 is 24.4 Å². The van der Waals surface area contributed by atoms with E-state index < -0.39 is 12.0 Å². The summed E-state index contributed by atoms with van der Waals surface area (Å²) in [6.45, 7) is 5.95. The van der Waals surface area contributed by atoms with Crippen molar-refractivity contribution in [1.82, 2.24) is 5.32 Å². The molecule has 0 fully saturated rings. The van der Waals surface area contributed by atoms with Gasteiger partial charge in [-0.2, -0.15) is 0 Å². The normalized spacial score (nSPS) is 15.9. The molecule has 2 aromatic carbocycles. The number of esters is 1. The Labute approximate surface area is 193 Å². The zero-order valence-electron chi connectivity index (χ0n) is 19.4. The molecule has 1 N–H and O–H groups in total. The topological polar surface area (TPSA) is 69.3 Å². The van der Waals surface area contributed by atoms with Crippen molar-refractivity contribution in [2.24, 2.45) is 0 Å². The van der Waals surface area contributed by atoms with Crippen molar-refractivity contribution in [3.63, 3.8) is 0 Å². The number of aryl methyl sites for hydroxylation is 2. The van der Waals surface area contributed by atoms with Gasteiger partial charge in [-0.05, 0) is 73.9 Å². The molecule has 0 aliphatic carbocycles. The van der Waals surface area contributed by atoms with Crippen molar-refractivity contribution >= 4 is 29.0 Å². The summed E-state index contributed by atoms with van der Waals surface area (Å²) in [5.41, 5.74) is 5.02. The fraction of sp³-hybridized carbons (Fsp3) is 0.333. The summed E-state index contributed by atoms with van der Waals surface area (Å²) in [5, 5.41) is 3.77. The van der Waals surface area contributed by atoms with Gasteiger partial charge >= 0.3 is 5.97 Å². The Morgan fingerprint density at radius 1 is 0.938 bits per heavy atom. The molecule has 2 aromatic rings. The van der Waals surface area contributed by atoms with Crippen LogP contribution in [0, 0.1) is 13.8 Å². The van der Waals surface area contributed by atoms with Crippen molar-refractivity contribution < 1.29 is 23.7 Å². The molecule has 1 atom stereocenters. The number of allylic oxidation sites excluding steroid dienone is 1. The quantitative estimate of drug-likeness (QED) is 0.512. The van der Waals surface area contributed by atoms with Gasteiger partial charge in [-0.3, -0.25) is 4.90 Å². The molecular weight excluding hydrogens is 428 g/mol. The Bertz CT molecular complexity index is 1070. The molecule has 0 aromatic heterocycles. The highest BCUT2D eigenvalue weighted by molar-refractivity contribution is 7.80. The third-order valence-electron chi connectivity index (χ3n) is 5.66. The van der Waals surface area contributed by atoms with Crippen LogP contribution in [0.25, 0.3) is 0 Å². The summed E-state index contributed by atoms with van der Waals surface area (Å²) in [6, 6.07) is 9.08. The second kappa shape index (κ2) is 9.48. The number of carbonyl (C=O) groups is 1. The average molecular weight is 457 g/mol. The highest BCUT2D eigenvalue weighted by Crippen LogP contribution is 2.42. The third-order valence-corrected chi connectivity index (χ3v) is 5.96. The average Bonchev–Trinajstić information content (AvgIpc) is 2.79. The van der Waals surface area contributed by atoms with Gasteiger partial charge in [-0.1, -0.05) is 6.07 Å². The van der Waals surface area contributed by atoms with Gasteiger partial charge in [0, 0.05) is 11.4 Å². The maximum Gasteiger partial charge on any atom is 0.337 e. The Morgan fingerprint density at radius 2 is 1.56 bits per heavy atom. The molecule has 1 unspecified atom stereocenters. The first-order valence-electron chi connectivity index (χ1n) is 10.0. The van der Waals surface area contributed by atoms with Gasteiger partial charge in [0.15, 0.2) is 16.6 Å². The number of rotatable bonds is 6. The number of anilines is 1. The zero-order valence-corrected chi connectivity index (χ0v) is 20.2. The molecule has 170 valence electrons. The molecule has 0 spiro atoms. The van der Waals surface area contributed by atoms with Crippen LogP contribution in [0.1, 0.15) is 29.7 Å². The summed E-state index contributed by atoms with van der Waals surface area (Å²) in [6.07, 6.45) is 0. The first kappa shape index (κ1) is 23.4. The number of nitrogens with one attached hydrogen (secondary N) is 1. The molecule has 7 nitrogen and oxygen atoms in total. The molecule has 0 saturated carbocycles. The van der Waals surface area contributed by atoms with Crippen LogP contribution in [0.5, 0.6) is 17.2 Å². The maximum atomic E-state index is 12.9. The van der Waals surface area contributed by atoms with Gasteiger partial charge in [0.05, 0.1) is 40.1 Å². The van der Waals surface area contributed by atoms with Crippen molar-refractivity contribution in [2.45, 2.75) is 26.8 Å². The fourth-order valence-corrected chi connectivity index (χ4v) is 4.17. The van der Waals surface area contributed by atoms with Crippen LogP contribution in [0.4, 0.5) is 5.69 Å². The van der Waals surface area contributed by atoms with E-state index in [9.17, 15) is 4.79 Å². The number of methoxy groups -OCH3 is 4. The van der Waals surface area contributed by atoms with Crippen LogP contribution >= 0.6 is 12.2 Å².